The Labute approximate surface area is 102 Å². The molecule has 2 rings (SSSR count). The molecule has 0 atom stereocenters. The fraction of sp³-hybridized carbons (Fsp3) is 0.538. The van der Waals surface area contributed by atoms with Crippen molar-refractivity contribution in [1.29, 1.82) is 0 Å². The molecule has 0 radical (unpaired) electrons. The maximum Gasteiger partial charge on any atom is 0.172 e. The fourth-order valence-corrected chi connectivity index (χ4v) is 2.06. The Morgan fingerprint density at radius 3 is 2.88 bits per heavy atom. The predicted octanol–water partition coefficient (Wildman–Crippen LogP) is 1.68. The molecule has 92 valence electrons. The van der Waals surface area contributed by atoms with Crippen LogP contribution in [0.2, 0.25) is 0 Å². The number of hydrogen-bond acceptors (Lipinski definition) is 4. The Balaban J connectivity index is 1.87. The summed E-state index contributed by atoms with van der Waals surface area (Å²) in [5, 5.41) is 0. The van der Waals surface area contributed by atoms with E-state index in [1.54, 1.807) is 0 Å². The molecule has 1 fully saturated rings. The van der Waals surface area contributed by atoms with E-state index in [9.17, 15) is 4.79 Å². The maximum atomic E-state index is 10.8. The van der Waals surface area contributed by atoms with Gasteiger partial charge in [0.25, 0.3) is 0 Å². The third kappa shape index (κ3) is 3.27. The van der Waals surface area contributed by atoms with E-state index in [4.69, 9.17) is 4.74 Å². The molecule has 0 spiro atoms. The smallest absolute Gasteiger partial charge is 0.172 e. The molecule has 4 nitrogen and oxygen atoms in total. The summed E-state index contributed by atoms with van der Waals surface area (Å²) in [6.45, 7) is 5.73. The van der Waals surface area contributed by atoms with Crippen LogP contribution in [-0.4, -0.2) is 42.4 Å². The lowest BCUT2D eigenvalue weighted by Gasteiger charge is -2.15. The van der Waals surface area contributed by atoms with Crippen molar-refractivity contribution in [3.05, 3.63) is 23.5 Å². The number of nitrogens with zero attached hydrogens (tertiary/aromatic N) is 2. The molecular weight excluding hydrogens is 216 g/mol. The second-order valence-corrected chi connectivity index (χ2v) is 4.35. The third-order valence-electron chi connectivity index (χ3n) is 3.00. The van der Waals surface area contributed by atoms with E-state index in [2.05, 4.69) is 9.88 Å². The first kappa shape index (κ1) is 12.0. The lowest BCUT2D eigenvalue weighted by Crippen LogP contribution is -2.25. The highest BCUT2D eigenvalue weighted by atomic mass is 16.5. The summed E-state index contributed by atoms with van der Waals surface area (Å²) in [4.78, 5) is 17.4. The molecule has 0 aromatic carbocycles. The number of aromatic nitrogens is 1. The second kappa shape index (κ2) is 5.77. The highest BCUT2D eigenvalue weighted by Gasteiger charge is 2.11. The van der Waals surface area contributed by atoms with Gasteiger partial charge in [-0.05, 0) is 45.0 Å². The molecule has 1 aliphatic rings. The Morgan fingerprint density at radius 2 is 2.18 bits per heavy atom. The van der Waals surface area contributed by atoms with Crippen molar-refractivity contribution in [1.82, 2.24) is 9.88 Å². The van der Waals surface area contributed by atoms with Crippen LogP contribution in [0.5, 0.6) is 5.75 Å². The van der Waals surface area contributed by atoms with Crippen LogP contribution >= 0.6 is 0 Å². The average molecular weight is 234 g/mol. The number of carbonyl (C=O) groups excluding carboxylic acids is 1. The molecule has 17 heavy (non-hydrogen) atoms. The minimum absolute atomic E-state index is 0.395. The molecular formula is C13H18N2O2. The summed E-state index contributed by atoms with van der Waals surface area (Å²) in [6, 6.07) is 3.67. The van der Waals surface area contributed by atoms with E-state index in [1.165, 1.54) is 12.8 Å². The first-order valence-electron chi connectivity index (χ1n) is 6.07. The van der Waals surface area contributed by atoms with Crippen LogP contribution in [0.3, 0.4) is 0 Å². The van der Waals surface area contributed by atoms with Gasteiger partial charge in [0.1, 0.15) is 18.1 Å². The van der Waals surface area contributed by atoms with Crippen LogP contribution in [0.25, 0.3) is 0 Å². The molecule has 4 heteroatoms. The molecule has 0 bridgehead atoms. The molecule has 1 saturated heterocycles. The van der Waals surface area contributed by atoms with Crippen LogP contribution < -0.4 is 4.74 Å². The standard InChI is InChI=1S/C13H18N2O2/c1-11-4-5-13(12(10-16)14-11)17-9-8-15-6-2-3-7-15/h4-5,10H,2-3,6-9H2,1H3. The van der Waals surface area contributed by atoms with Crippen LogP contribution in [0, 0.1) is 6.92 Å². The van der Waals surface area contributed by atoms with Gasteiger partial charge in [-0.3, -0.25) is 9.69 Å². The van der Waals surface area contributed by atoms with Crippen molar-refractivity contribution in [3.8, 4) is 5.75 Å². The molecule has 0 N–H and O–H groups in total. The van der Waals surface area contributed by atoms with Gasteiger partial charge in [-0.1, -0.05) is 0 Å². The number of rotatable bonds is 5. The Hall–Kier alpha value is -1.42. The summed E-state index contributed by atoms with van der Waals surface area (Å²) in [5.41, 5.74) is 1.23. The highest BCUT2D eigenvalue weighted by molar-refractivity contribution is 5.76. The summed E-state index contributed by atoms with van der Waals surface area (Å²) in [5.74, 6) is 0.588. The number of ether oxygens (including phenoxy) is 1. The van der Waals surface area contributed by atoms with E-state index in [0.29, 0.717) is 18.1 Å². The Morgan fingerprint density at radius 1 is 1.41 bits per heavy atom. The fourth-order valence-electron chi connectivity index (χ4n) is 2.06. The zero-order chi connectivity index (χ0) is 12.1. The number of likely N-dealkylation sites (tertiary alicyclic amines) is 1. The molecule has 1 aliphatic heterocycles. The summed E-state index contributed by atoms with van der Waals surface area (Å²) >= 11 is 0. The lowest BCUT2D eigenvalue weighted by atomic mass is 10.3. The van der Waals surface area contributed by atoms with Gasteiger partial charge >= 0.3 is 0 Å². The lowest BCUT2D eigenvalue weighted by molar-refractivity contribution is 0.111. The summed E-state index contributed by atoms with van der Waals surface area (Å²) < 4.78 is 5.61. The van der Waals surface area contributed by atoms with Crippen molar-refractivity contribution in [2.75, 3.05) is 26.2 Å². The van der Waals surface area contributed by atoms with Gasteiger partial charge in [-0.15, -0.1) is 0 Å². The van der Waals surface area contributed by atoms with E-state index in [-0.39, 0.29) is 0 Å². The van der Waals surface area contributed by atoms with Gasteiger partial charge in [0, 0.05) is 12.2 Å². The van der Waals surface area contributed by atoms with E-state index < -0.39 is 0 Å². The van der Waals surface area contributed by atoms with E-state index in [1.807, 2.05) is 19.1 Å². The molecule has 0 aliphatic carbocycles. The van der Waals surface area contributed by atoms with Gasteiger partial charge in [0.2, 0.25) is 0 Å². The molecule has 0 saturated carbocycles. The van der Waals surface area contributed by atoms with Crippen LogP contribution in [0.4, 0.5) is 0 Å². The number of pyridine rings is 1. The monoisotopic (exact) mass is 234 g/mol. The van der Waals surface area contributed by atoms with Crippen LogP contribution in [0.15, 0.2) is 12.1 Å². The zero-order valence-electron chi connectivity index (χ0n) is 10.2. The number of aldehydes is 1. The molecule has 1 aromatic rings. The minimum atomic E-state index is 0.395. The van der Waals surface area contributed by atoms with E-state index in [0.717, 1.165) is 31.6 Å². The van der Waals surface area contributed by atoms with Crippen molar-refractivity contribution in [3.63, 3.8) is 0 Å². The largest absolute Gasteiger partial charge is 0.490 e. The highest BCUT2D eigenvalue weighted by Crippen LogP contribution is 2.15. The average Bonchev–Trinajstić information content (AvgIpc) is 2.84. The van der Waals surface area contributed by atoms with Gasteiger partial charge in [-0.25, -0.2) is 4.98 Å². The van der Waals surface area contributed by atoms with E-state index >= 15 is 0 Å². The van der Waals surface area contributed by atoms with Crippen LogP contribution in [-0.2, 0) is 0 Å². The second-order valence-electron chi connectivity index (χ2n) is 4.35. The van der Waals surface area contributed by atoms with Crippen molar-refractivity contribution >= 4 is 6.29 Å². The maximum absolute atomic E-state index is 10.8. The summed E-state index contributed by atoms with van der Waals surface area (Å²) in [7, 11) is 0. The number of carbonyl (C=O) groups is 1. The Bertz CT molecular complexity index is 387. The van der Waals surface area contributed by atoms with Crippen molar-refractivity contribution in [2.45, 2.75) is 19.8 Å². The molecule has 0 unspecified atom stereocenters. The van der Waals surface area contributed by atoms with Crippen LogP contribution in [0.1, 0.15) is 29.0 Å². The van der Waals surface area contributed by atoms with Gasteiger partial charge in [0.05, 0.1) is 0 Å². The quantitative estimate of drug-likeness (QED) is 0.727. The molecule has 0 amide bonds. The van der Waals surface area contributed by atoms with Crippen molar-refractivity contribution < 1.29 is 9.53 Å². The number of hydrogen-bond donors (Lipinski definition) is 0. The SMILES string of the molecule is Cc1ccc(OCCN2CCCC2)c(C=O)n1. The number of aryl methyl sites for hydroxylation is 1. The zero-order valence-corrected chi connectivity index (χ0v) is 10.2. The third-order valence-corrected chi connectivity index (χ3v) is 3.00. The topological polar surface area (TPSA) is 42.4 Å². The van der Waals surface area contributed by atoms with Gasteiger partial charge in [-0.2, -0.15) is 0 Å². The first-order valence-corrected chi connectivity index (χ1v) is 6.07. The molecule has 2 heterocycles. The first-order chi connectivity index (χ1) is 8.29. The van der Waals surface area contributed by atoms with Crippen molar-refractivity contribution in [2.24, 2.45) is 0 Å². The Kier molecular flexibility index (Phi) is 4.09. The van der Waals surface area contributed by atoms with Gasteiger partial charge in [0.15, 0.2) is 6.29 Å². The molecule has 1 aromatic heterocycles. The predicted molar refractivity (Wildman–Crippen MR) is 65.5 cm³/mol. The van der Waals surface area contributed by atoms with Gasteiger partial charge < -0.3 is 4.74 Å². The minimum Gasteiger partial charge on any atom is -0.490 e. The normalized spacial score (nSPS) is 16.1. The summed E-state index contributed by atoms with van der Waals surface area (Å²) in [6.07, 6.45) is 3.32.